The maximum Gasteiger partial charge on any atom is 0.227 e. The molecule has 2 aliphatic rings. The minimum Gasteiger partial charge on any atom is -0.353 e. The van der Waals surface area contributed by atoms with Crippen LogP contribution in [0.1, 0.15) is 30.8 Å². The lowest BCUT2D eigenvalue weighted by Gasteiger charge is -2.08. The topological polar surface area (TPSA) is 117 Å². The fourth-order valence-corrected chi connectivity index (χ4v) is 4.19. The zero-order chi connectivity index (χ0) is 20.9. The minimum atomic E-state index is -0.349. The third-order valence-electron chi connectivity index (χ3n) is 5.71. The van der Waals surface area contributed by atoms with Gasteiger partial charge in [-0.2, -0.15) is 10.1 Å². The largest absolute Gasteiger partial charge is 0.353 e. The Kier molecular flexibility index (Phi) is 3.95. The number of amides is 1. The monoisotopic (exact) mass is 420 g/mol. The number of hydrogen-bond acceptors (Lipinski definition) is 7. The van der Waals surface area contributed by atoms with Crippen LogP contribution in [-0.4, -0.2) is 46.4 Å². The van der Waals surface area contributed by atoms with Crippen LogP contribution in [0.5, 0.6) is 0 Å². The van der Waals surface area contributed by atoms with Gasteiger partial charge in [-0.3, -0.25) is 9.36 Å². The van der Waals surface area contributed by atoms with Crippen LogP contribution < -0.4 is 5.32 Å². The van der Waals surface area contributed by atoms with E-state index in [0.29, 0.717) is 48.2 Å². The van der Waals surface area contributed by atoms with Crippen molar-refractivity contribution < 1.29 is 13.7 Å². The van der Waals surface area contributed by atoms with Crippen molar-refractivity contribution >= 4 is 5.91 Å². The molecule has 31 heavy (non-hydrogen) atoms. The number of halogens is 1. The molecule has 11 heteroatoms. The summed E-state index contributed by atoms with van der Waals surface area (Å²) >= 11 is 0. The van der Waals surface area contributed by atoms with Crippen LogP contribution in [0.15, 0.2) is 35.4 Å². The molecular formula is C20H17FN8O2. The molecule has 1 saturated heterocycles. The number of fused-ring (bicyclic) bond motifs is 5. The molecule has 1 amide bonds. The zero-order valence-corrected chi connectivity index (χ0v) is 16.3. The fourth-order valence-electron chi connectivity index (χ4n) is 4.19. The predicted molar refractivity (Wildman–Crippen MR) is 104 cm³/mol. The van der Waals surface area contributed by atoms with Crippen molar-refractivity contribution in [3.63, 3.8) is 0 Å². The quantitative estimate of drug-likeness (QED) is 0.472. The number of nitrogens with zero attached hydrogens (tertiary/aromatic N) is 7. The van der Waals surface area contributed by atoms with Gasteiger partial charge in [0, 0.05) is 24.4 Å². The Morgan fingerprint density at radius 2 is 2.23 bits per heavy atom. The lowest BCUT2D eigenvalue weighted by atomic mass is 10.1. The number of benzene rings is 1. The molecule has 2 aliphatic heterocycles. The SMILES string of the molecule is O=C1CCC(CCc2nc(-c3ncn4c3Cn3ncnc3-c3cc(F)ccc3-4)no2)N1. The molecule has 4 aromatic rings. The first-order valence-corrected chi connectivity index (χ1v) is 10.0. The van der Waals surface area contributed by atoms with Crippen LogP contribution in [0.4, 0.5) is 4.39 Å². The number of imidazole rings is 1. The molecule has 10 nitrogen and oxygen atoms in total. The number of carbonyl (C=O) groups is 1. The smallest absolute Gasteiger partial charge is 0.227 e. The number of hydrogen-bond donors (Lipinski definition) is 1. The second kappa shape index (κ2) is 6.83. The Morgan fingerprint density at radius 1 is 1.29 bits per heavy atom. The van der Waals surface area contributed by atoms with E-state index in [1.807, 2.05) is 4.57 Å². The Balaban J connectivity index is 1.34. The van der Waals surface area contributed by atoms with Crippen LogP contribution in [-0.2, 0) is 17.8 Å². The predicted octanol–water partition coefficient (Wildman–Crippen LogP) is 1.89. The highest BCUT2D eigenvalue weighted by atomic mass is 19.1. The van der Waals surface area contributed by atoms with Gasteiger partial charge in [0.15, 0.2) is 5.82 Å². The summed E-state index contributed by atoms with van der Waals surface area (Å²) in [6.07, 6.45) is 5.83. The van der Waals surface area contributed by atoms with Crippen molar-refractivity contribution in [3.05, 3.63) is 48.3 Å². The summed E-state index contributed by atoms with van der Waals surface area (Å²) in [5, 5.41) is 11.3. The summed E-state index contributed by atoms with van der Waals surface area (Å²) in [5.74, 6) is 1.20. The second-order valence-corrected chi connectivity index (χ2v) is 7.67. The Hall–Kier alpha value is -3.89. The summed E-state index contributed by atoms with van der Waals surface area (Å²) in [5.41, 5.74) is 2.76. The second-order valence-electron chi connectivity index (χ2n) is 7.67. The molecular weight excluding hydrogens is 403 g/mol. The van der Waals surface area contributed by atoms with Gasteiger partial charge in [0.1, 0.15) is 24.2 Å². The van der Waals surface area contributed by atoms with Crippen molar-refractivity contribution in [1.29, 1.82) is 0 Å². The van der Waals surface area contributed by atoms with Crippen LogP contribution in [0.2, 0.25) is 0 Å². The molecule has 1 aromatic carbocycles. The number of aromatic nitrogens is 7. The highest BCUT2D eigenvalue weighted by Gasteiger charge is 2.27. The molecule has 6 rings (SSSR count). The van der Waals surface area contributed by atoms with E-state index < -0.39 is 0 Å². The molecule has 0 spiro atoms. The highest BCUT2D eigenvalue weighted by molar-refractivity contribution is 5.78. The zero-order valence-electron chi connectivity index (χ0n) is 16.3. The van der Waals surface area contributed by atoms with E-state index in [-0.39, 0.29) is 17.8 Å². The molecule has 1 fully saturated rings. The van der Waals surface area contributed by atoms with Crippen LogP contribution in [0.3, 0.4) is 0 Å². The third-order valence-corrected chi connectivity index (χ3v) is 5.71. The molecule has 5 heterocycles. The van der Waals surface area contributed by atoms with Crippen molar-refractivity contribution in [3.8, 4) is 28.6 Å². The number of carbonyl (C=O) groups excluding carboxylic acids is 1. The molecule has 1 atom stereocenters. The summed E-state index contributed by atoms with van der Waals surface area (Å²) in [6.45, 7) is 0.374. The van der Waals surface area contributed by atoms with Gasteiger partial charge in [-0.25, -0.2) is 19.0 Å². The van der Waals surface area contributed by atoms with E-state index >= 15 is 0 Å². The molecule has 1 N–H and O–H groups in total. The molecule has 156 valence electrons. The first-order valence-electron chi connectivity index (χ1n) is 10.0. The highest BCUT2D eigenvalue weighted by Crippen LogP contribution is 2.33. The Morgan fingerprint density at radius 3 is 3.10 bits per heavy atom. The van der Waals surface area contributed by atoms with Crippen LogP contribution >= 0.6 is 0 Å². The van der Waals surface area contributed by atoms with Crippen molar-refractivity contribution in [2.24, 2.45) is 0 Å². The standard InChI is InChI=1S/C20H17FN8O2/c21-11-1-4-14-13(7-11)20-22-9-24-29(20)8-15-18(23-10-28(14)15)19-26-17(31-27-19)6-3-12-2-5-16(30)25-12/h1,4,7,9-10,12H,2-3,5-6,8H2,(H,25,30). The van der Waals surface area contributed by atoms with Crippen LogP contribution in [0, 0.1) is 5.82 Å². The molecule has 0 aliphatic carbocycles. The first-order chi connectivity index (χ1) is 15.2. The van der Waals surface area contributed by atoms with E-state index in [1.165, 1.54) is 18.5 Å². The lowest BCUT2D eigenvalue weighted by Crippen LogP contribution is -2.25. The first kappa shape index (κ1) is 17.9. The van der Waals surface area contributed by atoms with Gasteiger partial charge in [0.25, 0.3) is 0 Å². The van der Waals surface area contributed by atoms with Crippen LogP contribution in [0.25, 0.3) is 28.6 Å². The van der Waals surface area contributed by atoms with Gasteiger partial charge < -0.3 is 9.84 Å². The van der Waals surface area contributed by atoms with Crippen molar-refractivity contribution in [2.45, 2.75) is 38.3 Å². The minimum absolute atomic E-state index is 0.0876. The number of rotatable bonds is 4. The maximum atomic E-state index is 13.9. The van der Waals surface area contributed by atoms with Gasteiger partial charge in [0.2, 0.25) is 17.6 Å². The van der Waals surface area contributed by atoms with E-state index in [0.717, 1.165) is 24.2 Å². The Bertz CT molecular complexity index is 1310. The summed E-state index contributed by atoms with van der Waals surface area (Å²) < 4.78 is 23.0. The average Bonchev–Trinajstić information content (AvgIpc) is 3.54. The summed E-state index contributed by atoms with van der Waals surface area (Å²) in [6, 6.07) is 4.69. The lowest BCUT2D eigenvalue weighted by molar-refractivity contribution is -0.119. The van der Waals surface area contributed by atoms with E-state index in [9.17, 15) is 9.18 Å². The maximum absolute atomic E-state index is 13.9. The molecule has 0 saturated carbocycles. The Labute approximate surface area is 175 Å². The van der Waals surface area contributed by atoms with E-state index in [1.54, 1.807) is 17.1 Å². The summed E-state index contributed by atoms with van der Waals surface area (Å²) in [7, 11) is 0. The van der Waals surface area contributed by atoms with Gasteiger partial charge >= 0.3 is 0 Å². The number of aryl methyl sites for hydroxylation is 1. The van der Waals surface area contributed by atoms with Crippen molar-refractivity contribution in [1.82, 2.24) is 39.8 Å². The summed E-state index contributed by atoms with van der Waals surface area (Å²) in [4.78, 5) is 24.7. The third kappa shape index (κ3) is 3.00. The number of nitrogens with one attached hydrogen (secondary N) is 1. The van der Waals surface area contributed by atoms with Crippen molar-refractivity contribution in [2.75, 3.05) is 0 Å². The van der Waals surface area contributed by atoms with Gasteiger partial charge in [0.05, 0.1) is 17.9 Å². The molecule has 0 radical (unpaired) electrons. The average molecular weight is 420 g/mol. The fraction of sp³-hybridized carbons (Fsp3) is 0.300. The molecule has 3 aromatic heterocycles. The van der Waals surface area contributed by atoms with Gasteiger partial charge in [-0.05, 0) is 31.0 Å². The van der Waals surface area contributed by atoms with Gasteiger partial charge in [-0.15, -0.1) is 0 Å². The molecule has 1 unspecified atom stereocenters. The normalized spacial score (nSPS) is 17.1. The van der Waals surface area contributed by atoms with E-state index in [2.05, 4.69) is 30.5 Å². The van der Waals surface area contributed by atoms with E-state index in [4.69, 9.17) is 4.52 Å². The molecule has 0 bridgehead atoms. The van der Waals surface area contributed by atoms with Gasteiger partial charge in [-0.1, -0.05) is 5.16 Å².